The quantitative estimate of drug-likeness (QED) is 0.258. The highest BCUT2D eigenvalue weighted by molar-refractivity contribution is 9.10. The van der Waals surface area contributed by atoms with Crippen LogP contribution < -0.4 is 0 Å². The molecule has 0 saturated heterocycles. The first-order valence-corrected chi connectivity index (χ1v) is 11.2. The van der Waals surface area contributed by atoms with Gasteiger partial charge in [-0.1, -0.05) is 94.8 Å². The number of halogens is 1. The van der Waals surface area contributed by atoms with Gasteiger partial charge in [-0.15, -0.1) is 0 Å². The minimum atomic E-state index is 0.682. The summed E-state index contributed by atoms with van der Waals surface area (Å²) in [5.41, 5.74) is 6.34. The second-order valence-corrected chi connectivity index (χ2v) is 8.44. The molecule has 0 unspecified atom stereocenters. The van der Waals surface area contributed by atoms with Gasteiger partial charge in [0.2, 0.25) is 0 Å². The van der Waals surface area contributed by atoms with E-state index in [1.807, 2.05) is 72.8 Å². The molecule has 0 spiro atoms. The summed E-state index contributed by atoms with van der Waals surface area (Å²) in [5.74, 6) is 0.682. The fourth-order valence-corrected chi connectivity index (χ4v) is 4.55. The number of hydrogen-bond acceptors (Lipinski definition) is 3. The molecule has 0 saturated carbocycles. The fraction of sp³-hybridized carbons (Fsp3) is 0. The van der Waals surface area contributed by atoms with Crippen molar-refractivity contribution in [1.82, 2.24) is 9.97 Å². The van der Waals surface area contributed by atoms with E-state index in [1.54, 1.807) is 0 Å². The molecule has 0 aliphatic rings. The summed E-state index contributed by atoms with van der Waals surface area (Å²) in [6.45, 7) is 0. The number of hydrogen-bond donors (Lipinski definition) is 0. The Morgan fingerprint density at radius 3 is 2.09 bits per heavy atom. The summed E-state index contributed by atoms with van der Waals surface area (Å²) >= 11 is 3.68. The summed E-state index contributed by atoms with van der Waals surface area (Å²) < 4.78 is 7.27. The molecule has 32 heavy (non-hydrogen) atoms. The molecule has 6 aromatic rings. The molecule has 0 atom stereocenters. The van der Waals surface area contributed by atoms with Crippen molar-refractivity contribution in [2.75, 3.05) is 0 Å². The van der Waals surface area contributed by atoms with Crippen LogP contribution in [0.15, 0.2) is 112 Å². The average Bonchev–Trinajstić information content (AvgIpc) is 3.23. The molecule has 2 aromatic heterocycles. The maximum absolute atomic E-state index is 6.28. The van der Waals surface area contributed by atoms with Crippen LogP contribution in [0, 0.1) is 0 Å². The van der Waals surface area contributed by atoms with Crippen LogP contribution in [0.3, 0.4) is 0 Å². The van der Waals surface area contributed by atoms with Crippen molar-refractivity contribution in [3.63, 3.8) is 0 Å². The molecule has 0 aliphatic carbocycles. The Hall–Kier alpha value is -3.76. The highest BCUT2D eigenvalue weighted by Crippen LogP contribution is 2.37. The lowest BCUT2D eigenvalue weighted by Gasteiger charge is -2.10. The van der Waals surface area contributed by atoms with Gasteiger partial charge >= 0.3 is 0 Å². The van der Waals surface area contributed by atoms with E-state index >= 15 is 0 Å². The lowest BCUT2D eigenvalue weighted by molar-refractivity contribution is 0.670. The van der Waals surface area contributed by atoms with Gasteiger partial charge in [-0.3, -0.25) is 0 Å². The number of para-hydroxylation sites is 2. The Balaban J connectivity index is 1.64. The van der Waals surface area contributed by atoms with Gasteiger partial charge in [0, 0.05) is 31.9 Å². The van der Waals surface area contributed by atoms with Crippen molar-refractivity contribution in [3.8, 4) is 33.9 Å². The van der Waals surface area contributed by atoms with E-state index in [4.69, 9.17) is 14.4 Å². The maximum atomic E-state index is 6.28. The van der Waals surface area contributed by atoms with Crippen LogP contribution >= 0.6 is 15.9 Å². The van der Waals surface area contributed by atoms with Crippen LogP contribution in [0.1, 0.15) is 0 Å². The molecule has 152 valence electrons. The van der Waals surface area contributed by atoms with Crippen LogP contribution in [-0.2, 0) is 0 Å². The molecule has 0 bridgehead atoms. The van der Waals surface area contributed by atoms with Crippen LogP contribution in [0.2, 0.25) is 0 Å². The third-order valence-electron chi connectivity index (χ3n) is 5.59. The molecular formula is C28H17BrN2O. The molecule has 3 nitrogen and oxygen atoms in total. The number of nitrogens with zero attached hydrogens (tertiary/aromatic N) is 2. The first kappa shape index (κ1) is 19.0. The van der Waals surface area contributed by atoms with Crippen molar-refractivity contribution in [2.24, 2.45) is 0 Å². The molecule has 4 heteroatoms. The minimum absolute atomic E-state index is 0.682. The first-order valence-electron chi connectivity index (χ1n) is 10.4. The average molecular weight is 477 g/mol. The summed E-state index contributed by atoms with van der Waals surface area (Å²) in [4.78, 5) is 9.87. The van der Waals surface area contributed by atoms with E-state index < -0.39 is 0 Å². The number of benzene rings is 4. The molecule has 0 N–H and O–H groups in total. The third-order valence-corrected chi connectivity index (χ3v) is 6.28. The second kappa shape index (κ2) is 7.74. The molecule has 4 aromatic carbocycles. The molecular weight excluding hydrogens is 460 g/mol. The Morgan fingerprint density at radius 1 is 0.594 bits per heavy atom. The summed E-state index contributed by atoms with van der Waals surface area (Å²) in [6.07, 6.45) is 0. The number of furan rings is 1. The van der Waals surface area contributed by atoms with E-state index in [0.29, 0.717) is 5.82 Å². The minimum Gasteiger partial charge on any atom is -0.455 e. The van der Waals surface area contributed by atoms with Gasteiger partial charge in [0.05, 0.1) is 11.4 Å². The molecule has 0 radical (unpaired) electrons. The monoisotopic (exact) mass is 476 g/mol. The summed E-state index contributed by atoms with van der Waals surface area (Å²) in [6, 6.07) is 34.5. The largest absolute Gasteiger partial charge is 0.455 e. The van der Waals surface area contributed by atoms with Crippen molar-refractivity contribution < 1.29 is 4.42 Å². The smallest absolute Gasteiger partial charge is 0.160 e. The molecule has 2 heterocycles. The van der Waals surface area contributed by atoms with E-state index in [-0.39, 0.29) is 0 Å². The van der Waals surface area contributed by atoms with Gasteiger partial charge in [-0.25, -0.2) is 9.97 Å². The van der Waals surface area contributed by atoms with Crippen LogP contribution in [0.4, 0.5) is 0 Å². The van der Waals surface area contributed by atoms with E-state index in [1.165, 1.54) is 0 Å². The summed E-state index contributed by atoms with van der Waals surface area (Å²) in [5, 5.41) is 2.19. The molecule has 0 amide bonds. The van der Waals surface area contributed by atoms with Crippen molar-refractivity contribution in [1.29, 1.82) is 0 Å². The Kier molecular flexibility index (Phi) is 4.58. The third kappa shape index (κ3) is 3.20. The Bertz CT molecular complexity index is 1590. The number of rotatable bonds is 3. The van der Waals surface area contributed by atoms with Crippen molar-refractivity contribution >= 4 is 37.9 Å². The lowest BCUT2D eigenvalue weighted by Crippen LogP contribution is -1.96. The van der Waals surface area contributed by atoms with E-state index in [9.17, 15) is 0 Å². The maximum Gasteiger partial charge on any atom is 0.160 e. The van der Waals surface area contributed by atoms with Gasteiger partial charge in [0.1, 0.15) is 11.2 Å². The predicted molar refractivity (Wildman–Crippen MR) is 133 cm³/mol. The highest BCUT2D eigenvalue weighted by Gasteiger charge is 2.16. The molecule has 0 fully saturated rings. The SMILES string of the molecule is Brc1ccccc1-c1cc(-c2cccc3c2oc2ccccc23)nc(-c2ccccc2)n1. The van der Waals surface area contributed by atoms with Crippen LogP contribution in [-0.4, -0.2) is 9.97 Å². The number of aromatic nitrogens is 2. The Morgan fingerprint density at radius 2 is 1.25 bits per heavy atom. The van der Waals surface area contributed by atoms with Gasteiger partial charge in [0.15, 0.2) is 5.82 Å². The van der Waals surface area contributed by atoms with Crippen molar-refractivity contribution in [2.45, 2.75) is 0 Å². The van der Waals surface area contributed by atoms with Gasteiger partial charge in [-0.2, -0.15) is 0 Å². The normalized spacial score (nSPS) is 11.3. The topological polar surface area (TPSA) is 38.9 Å². The fourth-order valence-electron chi connectivity index (χ4n) is 4.06. The van der Waals surface area contributed by atoms with Gasteiger partial charge < -0.3 is 4.42 Å². The highest BCUT2D eigenvalue weighted by atomic mass is 79.9. The molecule has 6 rings (SSSR count). The lowest BCUT2D eigenvalue weighted by atomic mass is 10.0. The zero-order valence-electron chi connectivity index (χ0n) is 17.0. The van der Waals surface area contributed by atoms with Crippen molar-refractivity contribution in [3.05, 3.63) is 108 Å². The van der Waals surface area contributed by atoms with E-state index in [0.717, 1.165) is 54.5 Å². The Labute approximate surface area is 193 Å². The zero-order valence-corrected chi connectivity index (χ0v) is 18.6. The van der Waals surface area contributed by atoms with Gasteiger partial charge in [-0.05, 0) is 24.3 Å². The van der Waals surface area contributed by atoms with Gasteiger partial charge in [0.25, 0.3) is 0 Å². The van der Waals surface area contributed by atoms with Crippen LogP contribution in [0.5, 0.6) is 0 Å². The summed E-state index contributed by atoms with van der Waals surface area (Å²) in [7, 11) is 0. The second-order valence-electron chi connectivity index (χ2n) is 7.59. The standard InChI is InChI=1S/C28H17BrN2O/c29-23-15-6-4-12-21(23)24-17-25(31-28(30-24)18-9-2-1-3-10-18)22-14-8-13-20-19-11-5-7-16-26(19)32-27(20)22/h1-17H. The predicted octanol–water partition coefficient (Wildman–Crippen LogP) is 8.14. The number of fused-ring (bicyclic) bond motifs is 3. The zero-order chi connectivity index (χ0) is 21.5. The first-order chi connectivity index (χ1) is 15.8. The van der Waals surface area contributed by atoms with Crippen LogP contribution in [0.25, 0.3) is 55.8 Å². The van der Waals surface area contributed by atoms with E-state index in [2.05, 4.69) is 46.3 Å². The molecule has 0 aliphatic heterocycles.